The molecule has 0 saturated heterocycles. The predicted octanol–water partition coefficient (Wildman–Crippen LogP) is 4.23. The van der Waals surface area contributed by atoms with Gasteiger partial charge in [0, 0.05) is 10.9 Å². The number of Topliss-reactive ketones (excluding diaryl/α,β-unsaturated/α-hetero) is 1. The van der Waals surface area contributed by atoms with Crippen molar-refractivity contribution in [3.05, 3.63) is 27.2 Å². The SMILES string of the molecule is COc1c(C)cc(Br)c(C)c1C(=O)CCOCC(F)(F)F. The normalized spacial score (nSPS) is 11.6. The van der Waals surface area contributed by atoms with Gasteiger partial charge in [-0.15, -0.1) is 0 Å². The van der Waals surface area contributed by atoms with E-state index in [2.05, 4.69) is 20.7 Å². The zero-order valence-electron chi connectivity index (χ0n) is 11.9. The molecule has 1 aromatic carbocycles. The number of benzene rings is 1. The van der Waals surface area contributed by atoms with Crippen LogP contribution < -0.4 is 4.74 Å². The van der Waals surface area contributed by atoms with Gasteiger partial charge >= 0.3 is 6.18 Å². The summed E-state index contributed by atoms with van der Waals surface area (Å²) >= 11 is 3.35. The fourth-order valence-electron chi connectivity index (χ4n) is 1.93. The van der Waals surface area contributed by atoms with Crippen molar-refractivity contribution in [2.75, 3.05) is 20.3 Å². The van der Waals surface area contributed by atoms with E-state index in [1.165, 1.54) is 7.11 Å². The van der Waals surface area contributed by atoms with Crippen molar-refractivity contribution in [3.8, 4) is 5.75 Å². The number of methoxy groups -OCH3 is 1. The molecular weight excluding hydrogens is 353 g/mol. The Kier molecular flexibility index (Phi) is 6.22. The van der Waals surface area contributed by atoms with Crippen LogP contribution in [-0.4, -0.2) is 32.3 Å². The molecule has 0 aliphatic carbocycles. The van der Waals surface area contributed by atoms with Crippen LogP contribution in [0.2, 0.25) is 0 Å². The maximum absolute atomic E-state index is 12.2. The van der Waals surface area contributed by atoms with Gasteiger partial charge in [0.25, 0.3) is 0 Å². The number of hydrogen-bond acceptors (Lipinski definition) is 3. The lowest BCUT2D eigenvalue weighted by Gasteiger charge is -2.15. The Morgan fingerprint density at radius 2 is 1.95 bits per heavy atom. The second-order valence-electron chi connectivity index (χ2n) is 4.55. The van der Waals surface area contributed by atoms with Gasteiger partial charge in [-0.05, 0) is 31.0 Å². The van der Waals surface area contributed by atoms with Crippen molar-refractivity contribution in [1.29, 1.82) is 0 Å². The van der Waals surface area contributed by atoms with E-state index in [1.54, 1.807) is 13.8 Å². The van der Waals surface area contributed by atoms with Crippen LogP contribution in [0.15, 0.2) is 10.5 Å². The van der Waals surface area contributed by atoms with E-state index in [4.69, 9.17) is 4.74 Å². The Hall–Kier alpha value is -1.08. The smallest absolute Gasteiger partial charge is 0.411 e. The van der Waals surface area contributed by atoms with E-state index in [0.717, 1.165) is 10.0 Å². The molecule has 0 fully saturated rings. The summed E-state index contributed by atoms with van der Waals surface area (Å²) in [6.07, 6.45) is -4.52. The third kappa shape index (κ3) is 5.00. The van der Waals surface area contributed by atoms with Crippen LogP contribution in [0.3, 0.4) is 0 Å². The molecule has 118 valence electrons. The molecule has 0 atom stereocenters. The molecule has 0 aromatic heterocycles. The summed E-state index contributed by atoms with van der Waals surface area (Å²) in [5, 5.41) is 0. The lowest BCUT2D eigenvalue weighted by atomic mass is 9.98. The number of ether oxygens (including phenoxy) is 2. The number of aryl methyl sites for hydroxylation is 1. The average Bonchev–Trinajstić information content (AvgIpc) is 2.37. The summed E-state index contributed by atoms with van der Waals surface area (Å²) in [4.78, 5) is 12.2. The number of halogens is 4. The van der Waals surface area contributed by atoms with Crippen molar-refractivity contribution in [2.45, 2.75) is 26.4 Å². The molecule has 0 bridgehead atoms. The molecule has 0 amide bonds. The van der Waals surface area contributed by atoms with E-state index in [9.17, 15) is 18.0 Å². The molecule has 0 saturated carbocycles. The Morgan fingerprint density at radius 3 is 2.48 bits per heavy atom. The zero-order valence-corrected chi connectivity index (χ0v) is 13.5. The molecule has 0 unspecified atom stereocenters. The Morgan fingerprint density at radius 1 is 1.33 bits per heavy atom. The molecular formula is C14H16BrF3O3. The van der Waals surface area contributed by atoms with Crippen LogP contribution in [0.25, 0.3) is 0 Å². The van der Waals surface area contributed by atoms with E-state index in [1.807, 2.05) is 6.07 Å². The van der Waals surface area contributed by atoms with E-state index in [-0.39, 0.29) is 18.8 Å². The first-order valence-corrected chi connectivity index (χ1v) is 6.98. The summed E-state index contributed by atoms with van der Waals surface area (Å²) in [6, 6.07) is 1.82. The van der Waals surface area contributed by atoms with Crippen LogP contribution in [0.4, 0.5) is 13.2 Å². The fourth-order valence-corrected chi connectivity index (χ4v) is 2.47. The molecule has 0 aliphatic rings. The van der Waals surface area contributed by atoms with Gasteiger partial charge in [0.1, 0.15) is 12.4 Å². The number of carbonyl (C=O) groups is 1. The van der Waals surface area contributed by atoms with Gasteiger partial charge in [-0.25, -0.2) is 0 Å². The third-order valence-corrected chi connectivity index (χ3v) is 3.71. The molecule has 1 rings (SSSR count). The van der Waals surface area contributed by atoms with E-state index >= 15 is 0 Å². The van der Waals surface area contributed by atoms with Crippen LogP contribution in [0.5, 0.6) is 5.75 Å². The summed E-state index contributed by atoms with van der Waals surface area (Å²) in [7, 11) is 1.45. The standard InChI is InChI=1S/C14H16BrF3O3/c1-8-6-10(15)9(2)12(13(8)20-3)11(19)4-5-21-7-14(16,17)18/h6H,4-5,7H2,1-3H3. The predicted molar refractivity (Wildman–Crippen MR) is 76.0 cm³/mol. The lowest BCUT2D eigenvalue weighted by molar-refractivity contribution is -0.173. The van der Waals surface area contributed by atoms with Crippen LogP contribution in [0.1, 0.15) is 27.9 Å². The summed E-state index contributed by atoms with van der Waals surface area (Å²) in [6.45, 7) is 1.90. The van der Waals surface area contributed by atoms with Crippen LogP contribution in [0, 0.1) is 13.8 Å². The minimum absolute atomic E-state index is 0.136. The van der Waals surface area contributed by atoms with Crippen molar-refractivity contribution in [2.24, 2.45) is 0 Å². The van der Waals surface area contributed by atoms with Gasteiger partial charge in [0.2, 0.25) is 0 Å². The van der Waals surface area contributed by atoms with Crippen LogP contribution >= 0.6 is 15.9 Å². The number of rotatable bonds is 6. The highest BCUT2D eigenvalue weighted by Crippen LogP contribution is 2.33. The molecule has 0 N–H and O–H groups in total. The Bertz CT molecular complexity index is 527. The van der Waals surface area contributed by atoms with E-state index < -0.39 is 12.8 Å². The second-order valence-corrected chi connectivity index (χ2v) is 5.40. The molecule has 7 heteroatoms. The monoisotopic (exact) mass is 368 g/mol. The van der Waals surface area contributed by atoms with Crippen LogP contribution in [-0.2, 0) is 4.74 Å². The van der Waals surface area contributed by atoms with Gasteiger partial charge in [-0.3, -0.25) is 4.79 Å². The quantitative estimate of drug-likeness (QED) is 0.556. The number of ketones is 1. The minimum atomic E-state index is -4.39. The summed E-state index contributed by atoms with van der Waals surface area (Å²) in [5.41, 5.74) is 1.84. The Balaban J connectivity index is 2.83. The summed E-state index contributed by atoms with van der Waals surface area (Å²) < 4.78 is 46.3. The molecule has 3 nitrogen and oxygen atoms in total. The maximum atomic E-state index is 12.2. The van der Waals surface area contributed by atoms with Gasteiger partial charge in [-0.1, -0.05) is 15.9 Å². The first kappa shape index (κ1) is 18.0. The van der Waals surface area contributed by atoms with Crippen molar-refractivity contribution < 1.29 is 27.4 Å². The fraction of sp³-hybridized carbons (Fsp3) is 0.500. The van der Waals surface area contributed by atoms with Gasteiger partial charge in [-0.2, -0.15) is 13.2 Å². The molecule has 0 spiro atoms. The molecule has 0 aliphatic heterocycles. The van der Waals surface area contributed by atoms with Crippen molar-refractivity contribution in [1.82, 2.24) is 0 Å². The third-order valence-electron chi connectivity index (χ3n) is 2.88. The topological polar surface area (TPSA) is 35.5 Å². The average molecular weight is 369 g/mol. The number of carbonyl (C=O) groups excluding carboxylic acids is 1. The molecule has 0 heterocycles. The zero-order chi connectivity index (χ0) is 16.2. The number of alkyl halides is 3. The van der Waals surface area contributed by atoms with Gasteiger partial charge in [0.15, 0.2) is 5.78 Å². The van der Waals surface area contributed by atoms with Gasteiger partial charge in [0.05, 0.1) is 19.3 Å². The highest BCUT2D eigenvalue weighted by atomic mass is 79.9. The first-order chi connectivity index (χ1) is 9.67. The molecule has 0 radical (unpaired) electrons. The van der Waals surface area contributed by atoms with Gasteiger partial charge < -0.3 is 9.47 Å². The largest absolute Gasteiger partial charge is 0.496 e. The second kappa shape index (κ2) is 7.26. The highest BCUT2D eigenvalue weighted by molar-refractivity contribution is 9.10. The lowest BCUT2D eigenvalue weighted by Crippen LogP contribution is -2.18. The van der Waals surface area contributed by atoms with Crippen molar-refractivity contribution in [3.63, 3.8) is 0 Å². The minimum Gasteiger partial charge on any atom is -0.496 e. The maximum Gasteiger partial charge on any atom is 0.411 e. The highest BCUT2D eigenvalue weighted by Gasteiger charge is 2.27. The Labute approximate surface area is 129 Å². The van der Waals surface area contributed by atoms with E-state index in [0.29, 0.717) is 16.9 Å². The molecule has 21 heavy (non-hydrogen) atoms. The first-order valence-electron chi connectivity index (χ1n) is 6.18. The van der Waals surface area contributed by atoms with Crippen molar-refractivity contribution >= 4 is 21.7 Å². The number of hydrogen-bond donors (Lipinski definition) is 0. The molecule has 1 aromatic rings. The summed E-state index contributed by atoms with van der Waals surface area (Å²) in [5.74, 6) is 0.132.